The van der Waals surface area contributed by atoms with Crippen LogP contribution in [-0.2, 0) is 22.4 Å². The van der Waals surface area contributed by atoms with Crippen LogP contribution in [0.1, 0.15) is 35.1 Å². The maximum absolute atomic E-state index is 13.8. The molecule has 7 heteroatoms. The van der Waals surface area contributed by atoms with Crippen molar-refractivity contribution in [1.29, 1.82) is 0 Å². The lowest BCUT2D eigenvalue weighted by Crippen LogP contribution is -2.13. The molecule has 36 heavy (non-hydrogen) atoms. The smallest absolute Gasteiger partial charge is 0.303 e. The molecule has 1 amide bonds. The van der Waals surface area contributed by atoms with Gasteiger partial charge in [-0.15, -0.1) is 0 Å². The minimum Gasteiger partial charge on any atom is -0.481 e. The Labute approximate surface area is 210 Å². The van der Waals surface area contributed by atoms with Crippen LogP contribution in [0.5, 0.6) is 0 Å². The minimum atomic E-state index is -0.867. The third-order valence-electron chi connectivity index (χ3n) is 6.11. The van der Waals surface area contributed by atoms with E-state index in [1.165, 1.54) is 17.7 Å². The summed E-state index contributed by atoms with van der Waals surface area (Å²) in [6.45, 7) is 1.02. The van der Waals surface area contributed by atoms with Gasteiger partial charge < -0.3 is 20.6 Å². The number of fused-ring (bicyclic) bond motifs is 1. The Morgan fingerprint density at radius 2 is 1.78 bits per heavy atom. The number of hydrogen-bond acceptors (Lipinski definition) is 4. The van der Waals surface area contributed by atoms with Gasteiger partial charge in [-0.25, -0.2) is 4.39 Å². The number of halogens is 1. The molecule has 0 aliphatic carbocycles. The topological polar surface area (TPSA) is 81.7 Å². The maximum atomic E-state index is 13.8. The van der Waals surface area contributed by atoms with Crippen LogP contribution in [0.3, 0.4) is 0 Å². The van der Waals surface area contributed by atoms with E-state index in [4.69, 9.17) is 5.11 Å². The lowest BCUT2D eigenvalue weighted by molar-refractivity contribution is -0.137. The molecule has 1 aliphatic heterocycles. The van der Waals surface area contributed by atoms with Crippen LogP contribution in [0, 0.1) is 5.82 Å². The fourth-order valence-corrected chi connectivity index (χ4v) is 4.30. The van der Waals surface area contributed by atoms with E-state index in [-0.39, 0.29) is 12.3 Å². The Kier molecular flexibility index (Phi) is 7.80. The number of aryl methyl sites for hydroxylation is 2. The van der Waals surface area contributed by atoms with Crippen LogP contribution < -0.4 is 10.6 Å². The molecule has 4 rings (SSSR count). The number of carbonyl (C=O) groups excluding carboxylic acids is 1. The number of anilines is 2. The normalized spacial score (nSPS) is 13.9. The number of carbonyl (C=O) groups is 2. The van der Waals surface area contributed by atoms with Crippen LogP contribution >= 0.6 is 0 Å². The number of aliphatic carboxylic acids is 1. The molecule has 0 saturated carbocycles. The third-order valence-corrected chi connectivity index (χ3v) is 6.11. The van der Waals surface area contributed by atoms with Crippen LogP contribution in [0.4, 0.5) is 15.8 Å². The molecular weight excluding hydrogens is 457 g/mol. The summed E-state index contributed by atoms with van der Waals surface area (Å²) in [6.07, 6.45) is 2.42. The van der Waals surface area contributed by atoms with Gasteiger partial charge in [0.15, 0.2) is 0 Å². The van der Waals surface area contributed by atoms with Crippen molar-refractivity contribution >= 4 is 34.5 Å². The van der Waals surface area contributed by atoms with E-state index in [0.717, 1.165) is 36.2 Å². The highest BCUT2D eigenvalue weighted by molar-refractivity contribution is 6.37. The van der Waals surface area contributed by atoms with Gasteiger partial charge in [-0.3, -0.25) is 9.59 Å². The second-order valence-electron chi connectivity index (χ2n) is 9.22. The Morgan fingerprint density at radius 3 is 2.50 bits per heavy atom. The first-order valence-corrected chi connectivity index (χ1v) is 12.0. The van der Waals surface area contributed by atoms with Crippen molar-refractivity contribution in [2.75, 3.05) is 31.3 Å². The summed E-state index contributed by atoms with van der Waals surface area (Å²) >= 11 is 0. The van der Waals surface area contributed by atoms with Gasteiger partial charge >= 0.3 is 5.97 Å². The monoisotopic (exact) mass is 487 g/mol. The highest BCUT2D eigenvalue weighted by atomic mass is 19.1. The van der Waals surface area contributed by atoms with Gasteiger partial charge in [-0.05, 0) is 93.0 Å². The fraction of sp³-hybridized carbons (Fsp3) is 0.241. The summed E-state index contributed by atoms with van der Waals surface area (Å²) in [5, 5.41) is 15.3. The van der Waals surface area contributed by atoms with Crippen LogP contribution in [-0.4, -0.2) is 42.5 Å². The summed E-state index contributed by atoms with van der Waals surface area (Å²) in [5.74, 6) is -1.62. The molecule has 0 fully saturated rings. The molecule has 1 heterocycles. The number of amides is 1. The van der Waals surface area contributed by atoms with Crippen molar-refractivity contribution in [3.05, 3.63) is 94.8 Å². The molecule has 6 nitrogen and oxygen atoms in total. The predicted octanol–water partition coefficient (Wildman–Crippen LogP) is 5.27. The van der Waals surface area contributed by atoms with Gasteiger partial charge in [0.25, 0.3) is 5.91 Å². The highest BCUT2D eigenvalue weighted by Crippen LogP contribution is 2.38. The van der Waals surface area contributed by atoms with Crippen molar-refractivity contribution in [1.82, 2.24) is 4.90 Å². The van der Waals surface area contributed by atoms with Crippen molar-refractivity contribution in [2.45, 2.75) is 25.7 Å². The first-order valence-electron chi connectivity index (χ1n) is 12.0. The lowest BCUT2D eigenvalue weighted by Gasteiger charge is -2.16. The predicted molar refractivity (Wildman–Crippen MR) is 141 cm³/mol. The second-order valence-corrected chi connectivity index (χ2v) is 9.22. The molecule has 0 aromatic heterocycles. The second kappa shape index (κ2) is 11.2. The molecule has 0 unspecified atom stereocenters. The van der Waals surface area contributed by atoms with Crippen LogP contribution in [0.25, 0.3) is 11.3 Å². The molecule has 0 radical (unpaired) electrons. The molecule has 186 valence electrons. The minimum absolute atomic E-state index is 0.0146. The molecule has 3 N–H and O–H groups in total. The fourth-order valence-electron chi connectivity index (χ4n) is 4.30. The molecule has 0 saturated heterocycles. The first kappa shape index (κ1) is 25.1. The number of carboxylic acid groups (broad SMARTS) is 1. The molecule has 0 bridgehead atoms. The number of nitrogens with zero attached hydrogens (tertiary/aromatic N) is 1. The quantitative estimate of drug-likeness (QED) is 0.340. The van der Waals surface area contributed by atoms with Gasteiger partial charge in [-0.1, -0.05) is 30.3 Å². The number of carboxylic acids is 1. The molecule has 0 spiro atoms. The Morgan fingerprint density at radius 1 is 1.00 bits per heavy atom. The highest BCUT2D eigenvalue weighted by Gasteiger charge is 2.29. The largest absolute Gasteiger partial charge is 0.481 e. The summed E-state index contributed by atoms with van der Waals surface area (Å²) in [4.78, 5) is 26.3. The molecule has 3 aromatic carbocycles. The van der Waals surface area contributed by atoms with Gasteiger partial charge in [0.2, 0.25) is 0 Å². The van der Waals surface area contributed by atoms with Gasteiger partial charge in [0.05, 0.1) is 17.0 Å². The number of rotatable bonds is 10. The summed E-state index contributed by atoms with van der Waals surface area (Å²) in [5.41, 5.74) is 5.66. The number of hydrogen-bond donors (Lipinski definition) is 3. The standard InChI is InChI=1S/C29H30FN3O3/c1-33(2)16-4-6-19-8-12-23(13-9-19)31-28(21-7-3-5-20(17-21)10-15-26(34)35)27-24-14-11-22(30)18-25(24)32-29(27)36/h3,5,7-9,11-14,17-18,31H,4,6,10,15-16H2,1-2H3,(H,32,36)(H,34,35). The first-order chi connectivity index (χ1) is 17.3. The van der Waals surface area contributed by atoms with Gasteiger partial charge in [-0.2, -0.15) is 0 Å². The number of nitrogens with one attached hydrogen (secondary N) is 2. The van der Waals surface area contributed by atoms with Crippen molar-refractivity contribution < 1.29 is 19.1 Å². The zero-order chi connectivity index (χ0) is 25.7. The van der Waals surface area contributed by atoms with E-state index >= 15 is 0 Å². The third kappa shape index (κ3) is 6.17. The van der Waals surface area contributed by atoms with E-state index in [0.29, 0.717) is 28.9 Å². The van der Waals surface area contributed by atoms with E-state index in [2.05, 4.69) is 41.8 Å². The molecule has 1 aliphatic rings. The van der Waals surface area contributed by atoms with Crippen LogP contribution in [0.15, 0.2) is 66.7 Å². The Bertz CT molecular complexity index is 1300. The van der Waals surface area contributed by atoms with Crippen LogP contribution in [0.2, 0.25) is 0 Å². The zero-order valence-electron chi connectivity index (χ0n) is 20.5. The Balaban J connectivity index is 1.70. The van der Waals surface area contributed by atoms with E-state index < -0.39 is 11.8 Å². The Hall–Kier alpha value is -3.97. The summed E-state index contributed by atoms with van der Waals surface area (Å²) in [7, 11) is 4.12. The van der Waals surface area contributed by atoms with Crippen molar-refractivity contribution in [3.63, 3.8) is 0 Å². The van der Waals surface area contributed by atoms with E-state index in [1.54, 1.807) is 6.07 Å². The zero-order valence-corrected chi connectivity index (χ0v) is 20.5. The summed E-state index contributed by atoms with van der Waals surface area (Å²) < 4.78 is 13.8. The van der Waals surface area contributed by atoms with Gasteiger partial charge in [0.1, 0.15) is 5.82 Å². The van der Waals surface area contributed by atoms with Gasteiger partial charge in [0, 0.05) is 17.7 Å². The molecular formula is C29H30FN3O3. The lowest BCUT2D eigenvalue weighted by atomic mass is 9.97. The maximum Gasteiger partial charge on any atom is 0.303 e. The summed E-state index contributed by atoms with van der Waals surface area (Å²) in [6, 6.07) is 19.8. The molecule has 0 atom stereocenters. The van der Waals surface area contributed by atoms with E-state index in [9.17, 15) is 14.0 Å². The van der Waals surface area contributed by atoms with E-state index in [1.807, 2.05) is 36.4 Å². The average molecular weight is 488 g/mol. The number of benzene rings is 3. The molecule has 3 aromatic rings. The SMILES string of the molecule is CN(C)CCCc1ccc(NC(=C2C(=O)Nc3cc(F)ccc32)c2cccc(CCC(=O)O)c2)cc1. The van der Waals surface area contributed by atoms with Crippen molar-refractivity contribution in [3.8, 4) is 0 Å². The average Bonchev–Trinajstić information content (AvgIpc) is 3.16. The van der Waals surface area contributed by atoms with Crippen molar-refractivity contribution in [2.24, 2.45) is 0 Å².